The van der Waals surface area contributed by atoms with Gasteiger partial charge in [-0.25, -0.2) is 4.79 Å². The van der Waals surface area contributed by atoms with E-state index in [-0.39, 0.29) is 18.4 Å². The van der Waals surface area contributed by atoms with E-state index in [1.165, 1.54) is 6.07 Å². The van der Waals surface area contributed by atoms with Crippen LogP contribution in [0.5, 0.6) is 0 Å². The summed E-state index contributed by atoms with van der Waals surface area (Å²) in [5, 5.41) is 11.7. The number of carboxylic acid groups (broad SMARTS) is 1. The molecule has 0 fully saturated rings. The fourth-order valence-corrected chi connectivity index (χ4v) is 1.70. The van der Waals surface area contributed by atoms with E-state index in [2.05, 4.69) is 5.32 Å². The van der Waals surface area contributed by atoms with Crippen molar-refractivity contribution in [2.75, 3.05) is 0 Å². The predicted octanol–water partition coefficient (Wildman–Crippen LogP) is 1.10. The van der Waals surface area contributed by atoms with Gasteiger partial charge in [0.15, 0.2) is 0 Å². The third-order valence-electron chi connectivity index (χ3n) is 2.72. The number of carbonyl (C=O) groups is 3. The first-order chi connectivity index (χ1) is 9.31. The number of rotatable bonds is 6. The Hall–Kier alpha value is -2.08. The van der Waals surface area contributed by atoms with Crippen LogP contribution in [0.25, 0.3) is 0 Å². The van der Waals surface area contributed by atoms with Gasteiger partial charge in [0, 0.05) is 17.0 Å². The summed E-state index contributed by atoms with van der Waals surface area (Å²) in [4.78, 5) is 33.6. The number of primary amides is 1. The number of benzene rings is 1. The highest BCUT2D eigenvalue weighted by molar-refractivity contribution is 6.31. The smallest absolute Gasteiger partial charge is 0.326 e. The van der Waals surface area contributed by atoms with Crippen molar-refractivity contribution in [3.63, 3.8) is 0 Å². The van der Waals surface area contributed by atoms with Crippen LogP contribution in [0.15, 0.2) is 18.2 Å². The maximum absolute atomic E-state index is 11.9. The van der Waals surface area contributed by atoms with Gasteiger partial charge >= 0.3 is 5.97 Å². The second-order valence-corrected chi connectivity index (χ2v) is 4.74. The van der Waals surface area contributed by atoms with Crippen molar-refractivity contribution in [3.05, 3.63) is 34.3 Å². The SMILES string of the molecule is Cc1ccc(C(=O)NC(CCC(N)=O)C(=O)O)cc1Cl. The second kappa shape index (κ2) is 6.91. The highest BCUT2D eigenvalue weighted by atomic mass is 35.5. The highest BCUT2D eigenvalue weighted by Gasteiger charge is 2.21. The van der Waals surface area contributed by atoms with E-state index in [0.717, 1.165) is 5.56 Å². The zero-order chi connectivity index (χ0) is 15.3. The molecule has 0 saturated heterocycles. The van der Waals surface area contributed by atoms with Gasteiger partial charge < -0.3 is 16.2 Å². The molecule has 2 amide bonds. The third kappa shape index (κ3) is 4.55. The standard InChI is InChI=1S/C13H15ClN2O4/c1-7-2-3-8(6-9(7)14)12(18)16-10(13(19)20)4-5-11(15)17/h2-3,6,10H,4-5H2,1H3,(H2,15,17)(H,16,18)(H,19,20). The van der Waals surface area contributed by atoms with Gasteiger partial charge in [-0.15, -0.1) is 0 Å². The summed E-state index contributed by atoms with van der Waals surface area (Å²) >= 11 is 5.90. The minimum Gasteiger partial charge on any atom is -0.480 e. The first kappa shape index (κ1) is 16.0. The lowest BCUT2D eigenvalue weighted by Gasteiger charge is -2.14. The maximum Gasteiger partial charge on any atom is 0.326 e. The molecule has 1 atom stereocenters. The van der Waals surface area contributed by atoms with Crippen molar-refractivity contribution in [3.8, 4) is 0 Å². The molecule has 6 nitrogen and oxygen atoms in total. The molecular formula is C13H15ClN2O4. The summed E-state index contributed by atoms with van der Waals surface area (Å²) in [6.45, 7) is 1.79. The Morgan fingerprint density at radius 2 is 2.05 bits per heavy atom. The highest BCUT2D eigenvalue weighted by Crippen LogP contribution is 2.16. The molecule has 1 aromatic carbocycles. The quantitative estimate of drug-likeness (QED) is 0.730. The van der Waals surface area contributed by atoms with Crippen LogP contribution < -0.4 is 11.1 Å². The van der Waals surface area contributed by atoms with Crippen LogP contribution in [0, 0.1) is 6.92 Å². The first-order valence-electron chi connectivity index (χ1n) is 5.89. The molecule has 0 aliphatic carbocycles. The van der Waals surface area contributed by atoms with Gasteiger partial charge in [0.2, 0.25) is 5.91 Å². The van der Waals surface area contributed by atoms with Gasteiger partial charge in [-0.05, 0) is 31.0 Å². The van der Waals surface area contributed by atoms with Crippen molar-refractivity contribution < 1.29 is 19.5 Å². The summed E-state index contributed by atoms with van der Waals surface area (Å²) in [6, 6.07) is 3.49. The molecule has 0 heterocycles. The Bertz CT molecular complexity index is 545. The Kier molecular flexibility index (Phi) is 5.52. The van der Waals surface area contributed by atoms with Gasteiger partial charge in [0.05, 0.1) is 0 Å². The number of hydrogen-bond donors (Lipinski definition) is 3. The average Bonchev–Trinajstić information content (AvgIpc) is 2.36. The van der Waals surface area contributed by atoms with E-state index in [4.69, 9.17) is 22.4 Å². The molecule has 0 aromatic heterocycles. The molecule has 1 rings (SSSR count). The summed E-state index contributed by atoms with van der Waals surface area (Å²) in [6.07, 6.45) is -0.179. The molecule has 0 spiro atoms. The topological polar surface area (TPSA) is 109 Å². The number of amides is 2. The zero-order valence-electron chi connectivity index (χ0n) is 10.9. The average molecular weight is 299 g/mol. The fraction of sp³-hybridized carbons (Fsp3) is 0.308. The number of aliphatic carboxylic acids is 1. The van der Waals surface area contributed by atoms with Crippen LogP contribution >= 0.6 is 11.6 Å². The Labute approximate surface area is 120 Å². The maximum atomic E-state index is 11.9. The molecule has 1 aromatic rings. The number of hydrogen-bond acceptors (Lipinski definition) is 3. The minimum atomic E-state index is -1.22. The monoisotopic (exact) mass is 298 g/mol. The van der Waals surface area contributed by atoms with E-state index in [9.17, 15) is 14.4 Å². The molecule has 7 heteroatoms. The van der Waals surface area contributed by atoms with Crippen molar-refractivity contribution >= 4 is 29.4 Å². The lowest BCUT2D eigenvalue weighted by Crippen LogP contribution is -2.41. The fourth-order valence-electron chi connectivity index (χ4n) is 1.52. The van der Waals surface area contributed by atoms with Crippen molar-refractivity contribution in [2.45, 2.75) is 25.8 Å². The van der Waals surface area contributed by atoms with Crippen molar-refractivity contribution in [2.24, 2.45) is 5.73 Å². The molecule has 0 aliphatic rings. The van der Waals surface area contributed by atoms with Gasteiger partial charge in [0.25, 0.3) is 5.91 Å². The zero-order valence-corrected chi connectivity index (χ0v) is 11.6. The van der Waals surface area contributed by atoms with Crippen molar-refractivity contribution in [1.29, 1.82) is 0 Å². The lowest BCUT2D eigenvalue weighted by molar-refractivity contribution is -0.139. The molecule has 0 aliphatic heterocycles. The molecule has 4 N–H and O–H groups in total. The Balaban J connectivity index is 2.77. The third-order valence-corrected chi connectivity index (χ3v) is 3.12. The lowest BCUT2D eigenvalue weighted by atomic mass is 10.1. The predicted molar refractivity (Wildman–Crippen MR) is 73.5 cm³/mol. The van der Waals surface area contributed by atoms with Crippen LogP contribution in [-0.2, 0) is 9.59 Å². The molecule has 108 valence electrons. The van der Waals surface area contributed by atoms with E-state index < -0.39 is 23.8 Å². The molecule has 1 unspecified atom stereocenters. The largest absolute Gasteiger partial charge is 0.480 e. The number of halogens is 1. The normalized spacial score (nSPS) is 11.7. The van der Waals surface area contributed by atoms with Crippen LogP contribution in [-0.4, -0.2) is 28.9 Å². The van der Waals surface area contributed by atoms with E-state index in [0.29, 0.717) is 5.02 Å². The number of carboxylic acids is 1. The summed E-state index contributed by atoms with van der Waals surface area (Å²) in [7, 11) is 0. The number of nitrogens with one attached hydrogen (secondary N) is 1. The van der Waals surface area contributed by atoms with E-state index >= 15 is 0 Å². The van der Waals surface area contributed by atoms with Crippen LogP contribution in [0.4, 0.5) is 0 Å². The summed E-state index contributed by atoms with van der Waals surface area (Å²) in [5.41, 5.74) is 6.02. The molecule has 0 saturated carbocycles. The molecular weight excluding hydrogens is 284 g/mol. The van der Waals surface area contributed by atoms with Crippen LogP contribution in [0.1, 0.15) is 28.8 Å². The Morgan fingerprint density at radius 1 is 1.40 bits per heavy atom. The van der Waals surface area contributed by atoms with E-state index in [1.807, 2.05) is 0 Å². The van der Waals surface area contributed by atoms with Gasteiger partial charge in [-0.1, -0.05) is 17.7 Å². The molecule has 0 bridgehead atoms. The van der Waals surface area contributed by atoms with Gasteiger partial charge in [0.1, 0.15) is 6.04 Å². The van der Waals surface area contributed by atoms with Gasteiger partial charge in [-0.2, -0.15) is 0 Å². The molecule has 20 heavy (non-hydrogen) atoms. The number of carbonyl (C=O) groups excluding carboxylic acids is 2. The van der Waals surface area contributed by atoms with Crippen molar-refractivity contribution in [1.82, 2.24) is 5.32 Å². The summed E-state index contributed by atoms with van der Waals surface area (Å²) < 4.78 is 0. The number of nitrogens with two attached hydrogens (primary N) is 1. The second-order valence-electron chi connectivity index (χ2n) is 4.33. The first-order valence-corrected chi connectivity index (χ1v) is 6.27. The summed E-state index contributed by atoms with van der Waals surface area (Å²) in [5.74, 6) is -2.41. The molecule has 0 radical (unpaired) electrons. The van der Waals surface area contributed by atoms with Crippen LogP contribution in [0.3, 0.4) is 0 Å². The number of aryl methyl sites for hydroxylation is 1. The van der Waals surface area contributed by atoms with E-state index in [1.54, 1.807) is 19.1 Å². The minimum absolute atomic E-state index is 0.0595. The Morgan fingerprint density at radius 3 is 2.55 bits per heavy atom. The van der Waals surface area contributed by atoms with Gasteiger partial charge in [-0.3, -0.25) is 9.59 Å². The van der Waals surface area contributed by atoms with Crippen LogP contribution in [0.2, 0.25) is 5.02 Å².